The van der Waals surface area contributed by atoms with Gasteiger partial charge in [0.05, 0.1) is 11.0 Å². The monoisotopic (exact) mass is 306 g/mol. The third kappa shape index (κ3) is 4.32. The van der Waals surface area contributed by atoms with E-state index in [1.165, 1.54) is 11.8 Å². The highest BCUT2D eigenvalue weighted by Crippen LogP contribution is 2.19. The van der Waals surface area contributed by atoms with Crippen LogP contribution >= 0.6 is 11.8 Å². The molecule has 1 N–H and O–H groups in total. The highest BCUT2D eigenvalue weighted by Gasteiger charge is 2.33. The summed E-state index contributed by atoms with van der Waals surface area (Å²) in [4.78, 5) is 36.4. The van der Waals surface area contributed by atoms with Gasteiger partial charge in [-0.25, -0.2) is 0 Å². The van der Waals surface area contributed by atoms with Crippen LogP contribution in [0.25, 0.3) is 0 Å². The predicted octanol–water partition coefficient (Wildman–Crippen LogP) is 0.836. The van der Waals surface area contributed by atoms with E-state index in [2.05, 4.69) is 5.32 Å². The van der Waals surface area contributed by atoms with Crippen LogP contribution in [0.2, 0.25) is 0 Å². The van der Waals surface area contributed by atoms with E-state index in [9.17, 15) is 14.4 Å². The molecule has 2 rings (SSSR count). The first-order valence-electron chi connectivity index (χ1n) is 6.84. The molecular formula is C15H18N2O3S. The number of thioether (sulfide) groups is 1. The van der Waals surface area contributed by atoms with Gasteiger partial charge < -0.3 is 5.32 Å². The second kappa shape index (κ2) is 7.26. The molecule has 0 spiro atoms. The Kier molecular flexibility index (Phi) is 5.38. The average Bonchev–Trinajstić information content (AvgIpc) is 2.49. The minimum Gasteiger partial charge on any atom is -0.354 e. The summed E-state index contributed by atoms with van der Waals surface area (Å²) < 4.78 is 0. The molecule has 1 aliphatic heterocycles. The molecule has 21 heavy (non-hydrogen) atoms. The van der Waals surface area contributed by atoms with Crippen LogP contribution in [0, 0.1) is 0 Å². The van der Waals surface area contributed by atoms with Crippen LogP contribution in [0.5, 0.6) is 0 Å². The van der Waals surface area contributed by atoms with E-state index < -0.39 is 0 Å². The van der Waals surface area contributed by atoms with Crippen LogP contribution < -0.4 is 5.32 Å². The Morgan fingerprint density at radius 1 is 1.33 bits per heavy atom. The van der Waals surface area contributed by atoms with Gasteiger partial charge in [-0.3, -0.25) is 19.3 Å². The Bertz CT molecular complexity index is 533. The van der Waals surface area contributed by atoms with Gasteiger partial charge in [0.2, 0.25) is 17.7 Å². The molecule has 5 nitrogen and oxygen atoms in total. The van der Waals surface area contributed by atoms with Crippen molar-refractivity contribution in [3.05, 3.63) is 35.9 Å². The molecular weight excluding hydrogens is 288 g/mol. The molecule has 0 saturated carbocycles. The summed E-state index contributed by atoms with van der Waals surface area (Å²) in [5.74, 6) is -0.619. The fourth-order valence-corrected chi connectivity index (χ4v) is 2.86. The number of hydrogen-bond donors (Lipinski definition) is 1. The molecule has 0 unspecified atom stereocenters. The number of nitrogens with one attached hydrogen (secondary N) is 1. The molecule has 1 aromatic rings. The van der Waals surface area contributed by atoms with Crippen molar-refractivity contribution in [2.45, 2.75) is 18.6 Å². The number of carbonyl (C=O) groups is 3. The SMILES string of the molecule is C[C@@H]1SCC(=O)N(CC(=O)NCCc2ccccc2)C1=O. The lowest BCUT2D eigenvalue weighted by Crippen LogP contribution is -2.50. The summed E-state index contributed by atoms with van der Waals surface area (Å²) in [5.41, 5.74) is 1.13. The van der Waals surface area contributed by atoms with E-state index in [-0.39, 0.29) is 35.3 Å². The summed E-state index contributed by atoms with van der Waals surface area (Å²) in [6.45, 7) is 2.06. The zero-order valence-corrected chi connectivity index (χ0v) is 12.7. The number of nitrogens with zero attached hydrogens (tertiary/aromatic N) is 1. The number of hydrogen-bond acceptors (Lipinski definition) is 4. The summed E-state index contributed by atoms with van der Waals surface area (Å²) in [5, 5.41) is 2.48. The smallest absolute Gasteiger partial charge is 0.242 e. The number of benzene rings is 1. The van der Waals surface area contributed by atoms with Crippen molar-refractivity contribution in [2.75, 3.05) is 18.8 Å². The van der Waals surface area contributed by atoms with E-state index in [1.54, 1.807) is 6.92 Å². The van der Waals surface area contributed by atoms with Crippen molar-refractivity contribution in [3.8, 4) is 0 Å². The molecule has 1 aromatic carbocycles. The van der Waals surface area contributed by atoms with Gasteiger partial charge in [-0.15, -0.1) is 11.8 Å². The first kappa shape index (κ1) is 15.6. The highest BCUT2D eigenvalue weighted by atomic mass is 32.2. The maximum absolute atomic E-state index is 11.9. The van der Waals surface area contributed by atoms with E-state index in [0.29, 0.717) is 6.54 Å². The second-order valence-corrected chi connectivity index (χ2v) is 6.19. The first-order valence-corrected chi connectivity index (χ1v) is 7.89. The third-order valence-electron chi connectivity index (χ3n) is 3.25. The number of imide groups is 1. The third-order valence-corrected chi connectivity index (χ3v) is 4.37. The quantitative estimate of drug-likeness (QED) is 0.819. The fourth-order valence-electron chi connectivity index (χ4n) is 2.04. The summed E-state index contributed by atoms with van der Waals surface area (Å²) in [6.07, 6.45) is 0.723. The average molecular weight is 306 g/mol. The maximum atomic E-state index is 11.9. The summed E-state index contributed by atoms with van der Waals surface area (Å²) in [7, 11) is 0. The van der Waals surface area contributed by atoms with Gasteiger partial charge in [-0.05, 0) is 18.9 Å². The van der Waals surface area contributed by atoms with Crippen molar-refractivity contribution in [1.82, 2.24) is 10.2 Å². The van der Waals surface area contributed by atoms with Crippen molar-refractivity contribution >= 4 is 29.5 Å². The van der Waals surface area contributed by atoms with Crippen LogP contribution in [-0.4, -0.2) is 46.7 Å². The lowest BCUT2D eigenvalue weighted by atomic mass is 10.1. The van der Waals surface area contributed by atoms with Gasteiger partial charge in [0.25, 0.3) is 0 Å². The number of amides is 3. The molecule has 1 atom stereocenters. The topological polar surface area (TPSA) is 66.5 Å². The molecule has 1 heterocycles. The van der Waals surface area contributed by atoms with Gasteiger partial charge in [0, 0.05) is 6.54 Å². The normalized spacial score (nSPS) is 18.7. The van der Waals surface area contributed by atoms with Crippen LogP contribution in [0.3, 0.4) is 0 Å². The van der Waals surface area contributed by atoms with Crippen LogP contribution in [0.1, 0.15) is 12.5 Å². The largest absolute Gasteiger partial charge is 0.354 e. The standard InChI is InChI=1S/C15H18N2O3S/c1-11-15(20)17(14(19)10-21-11)9-13(18)16-8-7-12-5-3-2-4-6-12/h2-6,11H,7-10H2,1H3,(H,16,18)/t11-/m0/s1. The van der Waals surface area contributed by atoms with Gasteiger partial charge in [0.1, 0.15) is 6.54 Å². The highest BCUT2D eigenvalue weighted by molar-refractivity contribution is 8.01. The Morgan fingerprint density at radius 3 is 2.76 bits per heavy atom. The van der Waals surface area contributed by atoms with Gasteiger partial charge in [0.15, 0.2) is 0 Å². The van der Waals surface area contributed by atoms with Gasteiger partial charge >= 0.3 is 0 Å². The van der Waals surface area contributed by atoms with Crippen LogP contribution in [0.4, 0.5) is 0 Å². The van der Waals surface area contributed by atoms with E-state index in [1.807, 2.05) is 30.3 Å². The minimum absolute atomic E-state index is 0.183. The van der Waals surface area contributed by atoms with Crippen molar-refractivity contribution < 1.29 is 14.4 Å². The lowest BCUT2D eigenvalue weighted by Gasteiger charge is -2.27. The van der Waals surface area contributed by atoms with Crippen molar-refractivity contribution in [1.29, 1.82) is 0 Å². The van der Waals surface area contributed by atoms with E-state index in [4.69, 9.17) is 0 Å². The number of carbonyl (C=O) groups excluding carboxylic acids is 3. The Balaban J connectivity index is 1.78. The molecule has 0 aromatic heterocycles. The van der Waals surface area contributed by atoms with Crippen molar-refractivity contribution in [3.63, 3.8) is 0 Å². The first-order chi connectivity index (χ1) is 10.1. The molecule has 1 fully saturated rings. The molecule has 1 saturated heterocycles. The molecule has 3 amide bonds. The molecule has 6 heteroatoms. The molecule has 0 radical (unpaired) electrons. The minimum atomic E-state index is -0.299. The van der Waals surface area contributed by atoms with Gasteiger partial charge in [-0.2, -0.15) is 0 Å². The summed E-state index contributed by atoms with van der Waals surface area (Å²) in [6, 6.07) is 9.81. The predicted molar refractivity (Wildman–Crippen MR) is 81.8 cm³/mol. The van der Waals surface area contributed by atoms with E-state index in [0.717, 1.165) is 16.9 Å². The zero-order chi connectivity index (χ0) is 15.2. The fraction of sp³-hybridized carbons (Fsp3) is 0.400. The Labute approximate surface area is 128 Å². The van der Waals surface area contributed by atoms with Crippen LogP contribution in [-0.2, 0) is 20.8 Å². The van der Waals surface area contributed by atoms with Gasteiger partial charge in [-0.1, -0.05) is 30.3 Å². The second-order valence-electron chi connectivity index (χ2n) is 4.86. The Morgan fingerprint density at radius 2 is 2.05 bits per heavy atom. The van der Waals surface area contributed by atoms with Crippen LogP contribution in [0.15, 0.2) is 30.3 Å². The maximum Gasteiger partial charge on any atom is 0.242 e. The van der Waals surface area contributed by atoms with E-state index >= 15 is 0 Å². The Hall–Kier alpha value is -1.82. The molecule has 0 aliphatic carbocycles. The van der Waals surface area contributed by atoms with Crippen molar-refractivity contribution in [2.24, 2.45) is 0 Å². The lowest BCUT2D eigenvalue weighted by molar-refractivity contribution is -0.146. The molecule has 112 valence electrons. The summed E-state index contributed by atoms with van der Waals surface area (Å²) >= 11 is 1.31. The zero-order valence-electron chi connectivity index (χ0n) is 11.9. The molecule has 1 aliphatic rings. The molecule has 0 bridgehead atoms. The number of rotatable bonds is 5.